The summed E-state index contributed by atoms with van der Waals surface area (Å²) in [6.07, 6.45) is 2.24. The van der Waals surface area contributed by atoms with Crippen molar-refractivity contribution in [3.05, 3.63) is 23.2 Å². The van der Waals surface area contributed by atoms with E-state index in [9.17, 15) is 4.79 Å². The summed E-state index contributed by atoms with van der Waals surface area (Å²) in [6.45, 7) is 2.88. The average molecular weight is 312 g/mol. The van der Waals surface area contributed by atoms with Crippen LogP contribution in [0.3, 0.4) is 0 Å². The smallest absolute Gasteiger partial charge is 0.319 e. The summed E-state index contributed by atoms with van der Waals surface area (Å²) in [5.41, 5.74) is 0.575. The Bertz CT molecular complexity index is 488. The Kier molecular flexibility index (Phi) is 5.70. The average Bonchev–Trinajstić information content (AvgIpc) is 2.47. The number of nitrogens with zero attached hydrogens (tertiary/aromatic N) is 1. The van der Waals surface area contributed by atoms with E-state index in [4.69, 9.17) is 16.3 Å². The Balaban J connectivity index is 1.83. The lowest BCUT2D eigenvalue weighted by molar-refractivity contribution is 0.213. The minimum absolute atomic E-state index is 0.227. The van der Waals surface area contributed by atoms with Crippen molar-refractivity contribution >= 4 is 23.3 Å². The summed E-state index contributed by atoms with van der Waals surface area (Å²) in [7, 11) is 3.69. The van der Waals surface area contributed by atoms with Crippen LogP contribution in [0.15, 0.2) is 18.2 Å². The van der Waals surface area contributed by atoms with Crippen molar-refractivity contribution in [1.82, 2.24) is 10.2 Å². The molecule has 2 amide bonds. The summed E-state index contributed by atoms with van der Waals surface area (Å²) < 4.78 is 5.20. The fourth-order valence-electron chi connectivity index (χ4n) is 2.45. The lowest BCUT2D eigenvalue weighted by atomic mass is 9.97. The van der Waals surface area contributed by atoms with E-state index in [-0.39, 0.29) is 6.03 Å². The van der Waals surface area contributed by atoms with Crippen LogP contribution in [-0.2, 0) is 0 Å². The van der Waals surface area contributed by atoms with Gasteiger partial charge in [0.05, 0.1) is 12.8 Å². The maximum absolute atomic E-state index is 12.0. The molecule has 0 unspecified atom stereocenters. The second-order valence-electron chi connectivity index (χ2n) is 5.43. The summed E-state index contributed by atoms with van der Waals surface area (Å²) in [5.74, 6) is 1.14. The molecule has 0 radical (unpaired) electrons. The van der Waals surface area contributed by atoms with Crippen LogP contribution >= 0.6 is 11.6 Å². The van der Waals surface area contributed by atoms with Gasteiger partial charge in [-0.25, -0.2) is 4.79 Å². The Morgan fingerprint density at radius 1 is 1.43 bits per heavy atom. The Morgan fingerprint density at radius 3 is 2.81 bits per heavy atom. The van der Waals surface area contributed by atoms with E-state index in [2.05, 4.69) is 22.6 Å². The largest absolute Gasteiger partial charge is 0.495 e. The molecule has 1 aromatic carbocycles. The van der Waals surface area contributed by atoms with Crippen molar-refractivity contribution < 1.29 is 9.53 Å². The Hall–Kier alpha value is -1.46. The quantitative estimate of drug-likeness (QED) is 0.899. The third-order valence-corrected chi connectivity index (χ3v) is 4.03. The summed E-state index contributed by atoms with van der Waals surface area (Å²) in [5, 5.41) is 6.26. The minimum Gasteiger partial charge on any atom is -0.495 e. The molecular weight excluding hydrogens is 290 g/mol. The van der Waals surface area contributed by atoms with Crippen LogP contribution in [-0.4, -0.2) is 44.7 Å². The molecule has 6 heteroatoms. The van der Waals surface area contributed by atoms with E-state index in [0.29, 0.717) is 28.9 Å². The SMILES string of the molecule is COc1ccc(Cl)cc1NC(=O)NCC1CCN(C)CC1. The highest BCUT2D eigenvalue weighted by Gasteiger charge is 2.17. The van der Waals surface area contributed by atoms with E-state index in [1.807, 2.05) is 0 Å². The third-order valence-electron chi connectivity index (χ3n) is 3.80. The molecule has 1 aliphatic heterocycles. The fourth-order valence-corrected chi connectivity index (χ4v) is 2.62. The molecule has 0 bridgehead atoms. The molecule has 1 aromatic rings. The highest BCUT2D eigenvalue weighted by Crippen LogP contribution is 2.27. The van der Waals surface area contributed by atoms with Gasteiger partial charge in [0.2, 0.25) is 0 Å². The van der Waals surface area contributed by atoms with Gasteiger partial charge in [-0.2, -0.15) is 0 Å². The fraction of sp³-hybridized carbons (Fsp3) is 0.533. The monoisotopic (exact) mass is 311 g/mol. The van der Waals surface area contributed by atoms with E-state index in [0.717, 1.165) is 25.9 Å². The zero-order chi connectivity index (χ0) is 15.2. The van der Waals surface area contributed by atoms with Gasteiger partial charge in [-0.05, 0) is 57.1 Å². The maximum atomic E-state index is 12.0. The standard InChI is InChI=1S/C15H22ClN3O2/c1-19-7-5-11(6-8-19)10-17-15(20)18-13-9-12(16)3-4-14(13)21-2/h3-4,9,11H,5-8,10H2,1-2H3,(H2,17,18,20). The lowest BCUT2D eigenvalue weighted by Crippen LogP contribution is -2.38. The molecule has 0 atom stereocenters. The van der Waals surface area contributed by atoms with Gasteiger partial charge in [0.15, 0.2) is 0 Å². The number of anilines is 1. The normalized spacial score (nSPS) is 16.5. The first-order chi connectivity index (χ1) is 10.1. The van der Waals surface area contributed by atoms with Crippen molar-refractivity contribution in [1.29, 1.82) is 0 Å². The molecule has 1 saturated heterocycles. The molecule has 2 rings (SSSR count). The van der Waals surface area contributed by atoms with Gasteiger partial charge in [0, 0.05) is 11.6 Å². The van der Waals surface area contributed by atoms with E-state index >= 15 is 0 Å². The number of halogens is 1. The van der Waals surface area contributed by atoms with Crippen LogP contribution in [0.25, 0.3) is 0 Å². The molecule has 1 aliphatic rings. The molecule has 116 valence electrons. The number of hydrogen-bond acceptors (Lipinski definition) is 3. The number of urea groups is 1. The number of amides is 2. The van der Waals surface area contributed by atoms with Gasteiger partial charge in [-0.1, -0.05) is 11.6 Å². The van der Waals surface area contributed by atoms with Crippen molar-refractivity contribution in [2.45, 2.75) is 12.8 Å². The van der Waals surface area contributed by atoms with E-state index in [1.54, 1.807) is 25.3 Å². The molecule has 2 N–H and O–H groups in total. The predicted octanol–water partition coefficient (Wildman–Crippen LogP) is 2.81. The van der Waals surface area contributed by atoms with Crippen molar-refractivity contribution in [3.63, 3.8) is 0 Å². The summed E-state index contributed by atoms with van der Waals surface area (Å²) in [6, 6.07) is 4.90. The number of ether oxygens (including phenoxy) is 1. The van der Waals surface area contributed by atoms with Crippen LogP contribution < -0.4 is 15.4 Å². The highest BCUT2D eigenvalue weighted by atomic mass is 35.5. The van der Waals surface area contributed by atoms with E-state index < -0.39 is 0 Å². The number of methoxy groups -OCH3 is 1. The Labute approximate surface area is 130 Å². The van der Waals surface area contributed by atoms with E-state index in [1.165, 1.54) is 0 Å². The van der Waals surface area contributed by atoms with Crippen LogP contribution in [0.2, 0.25) is 5.02 Å². The number of nitrogens with one attached hydrogen (secondary N) is 2. The number of piperidine rings is 1. The van der Waals surface area contributed by atoms with Crippen LogP contribution in [0.4, 0.5) is 10.5 Å². The van der Waals surface area contributed by atoms with Gasteiger partial charge >= 0.3 is 6.03 Å². The molecule has 1 fully saturated rings. The maximum Gasteiger partial charge on any atom is 0.319 e. The number of hydrogen-bond donors (Lipinski definition) is 2. The highest BCUT2D eigenvalue weighted by molar-refractivity contribution is 6.31. The van der Waals surface area contributed by atoms with Crippen LogP contribution in [0.5, 0.6) is 5.75 Å². The molecule has 0 spiro atoms. The van der Waals surface area contributed by atoms with Gasteiger partial charge in [0.1, 0.15) is 5.75 Å². The van der Waals surface area contributed by atoms with Gasteiger partial charge < -0.3 is 20.3 Å². The van der Waals surface area contributed by atoms with Crippen LogP contribution in [0, 0.1) is 5.92 Å². The van der Waals surface area contributed by atoms with Crippen LogP contribution in [0.1, 0.15) is 12.8 Å². The molecule has 21 heavy (non-hydrogen) atoms. The molecule has 5 nitrogen and oxygen atoms in total. The zero-order valence-corrected chi connectivity index (χ0v) is 13.2. The lowest BCUT2D eigenvalue weighted by Gasteiger charge is -2.28. The topological polar surface area (TPSA) is 53.6 Å². The molecule has 0 aromatic heterocycles. The van der Waals surface area contributed by atoms with Gasteiger partial charge in [-0.15, -0.1) is 0 Å². The second-order valence-corrected chi connectivity index (χ2v) is 5.86. The van der Waals surface area contributed by atoms with Crippen molar-refractivity contribution in [2.75, 3.05) is 39.1 Å². The summed E-state index contributed by atoms with van der Waals surface area (Å²) >= 11 is 5.94. The second kappa shape index (κ2) is 7.52. The molecule has 0 saturated carbocycles. The molecule has 1 heterocycles. The number of benzene rings is 1. The first-order valence-electron chi connectivity index (χ1n) is 7.15. The zero-order valence-electron chi connectivity index (χ0n) is 12.5. The first kappa shape index (κ1) is 15.9. The van der Waals surface area contributed by atoms with Crippen molar-refractivity contribution in [3.8, 4) is 5.75 Å². The minimum atomic E-state index is -0.227. The number of carbonyl (C=O) groups is 1. The molecule has 0 aliphatic carbocycles. The van der Waals surface area contributed by atoms with Crippen molar-refractivity contribution in [2.24, 2.45) is 5.92 Å². The summed E-state index contributed by atoms with van der Waals surface area (Å²) in [4.78, 5) is 14.3. The third kappa shape index (κ3) is 4.79. The van der Waals surface area contributed by atoms with Gasteiger partial charge in [0.25, 0.3) is 0 Å². The number of carbonyl (C=O) groups excluding carboxylic acids is 1. The first-order valence-corrected chi connectivity index (χ1v) is 7.53. The number of rotatable bonds is 4. The number of likely N-dealkylation sites (tertiary alicyclic amines) is 1. The predicted molar refractivity (Wildman–Crippen MR) is 85.2 cm³/mol. The Morgan fingerprint density at radius 2 is 2.14 bits per heavy atom. The molecular formula is C15H22ClN3O2. The van der Waals surface area contributed by atoms with Gasteiger partial charge in [-0.3, -0.25) is 0 Å².